The van der Waals surface area contributed by atoms with E-state index in [9.17, 15) is 5.11 Å². The van der Waals surface area contributed by atoms with Crippen molar-refractivity contribution in [3.05, 3.63) is 36.9 Å². The molecule has 0 aromatic heterocycles. The fourth-order valence-corrected chi connectivity index (χ4v) is 0.735. The van der Waals surface area contributed by atoms with E-state index in [4.69, 9.17) is 9.84 Å². The van der Waals surface area contributed by atoms with Gasteiger partial charge in [-0.2, -0.15) is 0 Å². The SMILES string of the molecule is C=CC(O)Oc1ccccc1O. The Morgan fingerprint density at radius 1 is 1.42 bits per heavy atom. The molecule has 1 unspecified atom stereocenters. The third-order valence-electron chi connectivity index (χ3n) is 1.31. The molecule has 0 bridgehead atoms. The van der Waals surface area contributed by atoms with Gasteiger partial charge in [-0.05, 0) is 18.2 Å². The van der Waals surface area contributed by atoms with Crippen LogP contribution in [0, 0.1) is 0 Å². The second-order valence-electron chi connectivity index (χ2n) is 2.21. The number of benzene rings is 1. The van der Waals surface area contributed by atoms with Crippen molar-refractivity contribution in [2.45, 2.75) is 6.29 Å². The summed E-state index contributed by atoms with van der Waals surface area (Å²) in [6.45, 7) is 3.33. The van der Waals surface area contributed by atoms with Gasteiger partial charge in [-0.3, -0.25) is 0 Å². The molecule has 0 fully saturated rings. The van der Waals surface area contributed by atoms with Crippen molar-refractivity contribution in [2.75, 3.05) is 0 Å². The molecule has 0 aliphatic carbocycles. The van der Waals surface area contributed by atoms with Crippen LogP contribution in [0.3, 0.4) is 0 Å². The summed E-state index contributed by atoms with van der Waals surface area (Å²) in [5.74, 6) is 0.239. The van der Waals surface area contributed by atoms with Crippen molar-refractivity contribution in [3.63, 3.8) is 0 Å². The van der Waals surface area contributed by atoms with E-state index >= 15 is 0 Å². The number of aromatic hydroxyl groups is 1. The lowest BCUT2D eigenvalue weighted by atomic mass is 10.3. The predicted molar refractivity (Wildman–Crippen MR) is 44.9 cm³/mol. The minimum Gasteiger partial charge on any atom is -0.504 e. The molecule has 0 aliphatic heterocycles. The maximum Gasteiger partial charge on any atom is 0.217 e. The number of aliphatic hydroxyl groups excluding tert-OH is 1. The van der Waals surface area contributed by atoms with Crippen molar-refractivity contribution in [2.24, 2.45) is 0 Å². The molecule has 64 valence electrons. The normalized spacial score (nSPS) is 12.1. The Kier molecular flexibility index (Phi) is 2.71. The van der Waals surface area contributed by atoms with E-state index in [0.717, 1.165) is 0 Å². The topological polar surface area (TPSA) is 49.7 Å². The minimum absolute atomic E-state index is 0.00148. The molecule has 0 spiro atoms. The number of rotatable bonds is 3. The fourth-order valence-electron chi connectivity index (χ4n) is 0.735. The van der Waals surface area contributed by atoms with E-state index in [0.29, 0.717) is 0 Å². The molecule has 1 atom stereocenters. The van der Waals surface area contributed by atoms with Crippen LogP contribution >= 0.6 is 0 Å². The van der Waals surface area contributed by atoms with Gasteiger partial charge in [0.05, 0.1) is 0 Å². The molecule has 1 aromatic rings. The highest BCUT2D eigenvalue weighted by Gasteiger charge is 2.03. The zero-order valence-corrected chi connectivity index (χ0v) is 6.47. The molecular formula is C9H10O3. The molecule has 3 nitrogen and oxygen atoms in total. The lowest BCUT2D eigenvalue weighted by Gasteiger charge is -2.09. The van der Waals surface area contributed by atoms with Gasteiger partial charge < -0.3 is 14.9 Å². The number of para-hydroxylation sites is 2. The molecule has 0 aliphatic rings. The van der Waals surface area contributed by atoms with Crippen LogP contribution in [0.5, 0.6) is 11.5 Å². The van der Waals surface area contributed by atoms with Gasteiger partial charge in [0.1, 0.15) is 0 Å². The number of ether oxygens (including phenoxy) is 1. The zero-order valence-electron chi connectivity index (χ0n) is 6.47. The van der Waals surface area contributed by atoms with Crippen molar-refractivity contribution in [1.29, 1.82) is 0 Å². The Balaban J connectivity index is 2.75. The molecular weight excluding hydrogens is 156 g/mol. The molecule has 3 heteroatoms. The fraction of sp³-hybridized carbons (Fsp3) is 0.111. The minimum atomic E-state index is -1.08. The van der Waals surface area contributed by atoms with E-state index in [2.05, 4.69) is 6.58 Å². The van der Waals surface area contributed by atoms with Gasteiger partial charge in [-0.25, -0.2) is 0 Å². The monoisotopic (exact) mass is 166 g/mol. The molecule has 0 amide bonds. The molecule has 12 heavy (non-hydrogen) atoms. The highest BCUT2D eigenvalue weighted by Crippen LogP contribution is 2.24. The first-order valence-electron chi connectivity index (χ1n) is 3.49. The number of phenolic OH excluding ortho intramolecular Hbond substituents is 1. The van der Waals surface area contributed by atoms with Crippen LogP contribution in [-0.2, 0) is 0 Å². The van der Waals surface area contributed by atoms with Crippen molar-refractivity contribution >= 4 is 0 Å². The molecule has 1 aromatic carbocycles. The van der Waals surface area contributed by atoms with Crippen molar-refractivity contribution < 1.29 is 14.9 Å². The number of aliphatic hydroxyl groups is 1. The molecule has 1 rings (SSSR count). The summed E-state index contributed by atoms with van der Waals surface area (Å²) in [6.07, 6.45) is 0.144. The van der Waals surface area contributed by atoms with Gasteiger partial charge in [0.25, 0.3) is 0 Å². The second kappa shape index (κ2) is 3.78. The Bertz CT molecular complexity index is 270. The average Bonchev–Trinajstić information content (AvgIpc) is 2.09. The van der Waals surface area contributed by atoms with E-state index in [1.54, 1.807) is 18.2 Å². The molecule has 0 saturated heterocycles. The predicted octanol–water partition coefficient (Wildman–Crippen LogP) is 1.28. The number of phenols is 1. The highest BCUT2D eigenvalue weighted by molar-refractivity contribution is 5.38. The standard InChI is InChI=1S/C9H10O3/c1-2-9(11)12-8-6-4-3-5-7(8)10/h2-6,9-11H,1H2. The van der Waals surface area contributed by atoms with E-state index in [-0.39, 0.29) is 11.5 Å². The summed E-state index contributed by atoms with van der Waals surface area (Å²) in [6, 6.07) is 6.40. The first kappa shape index (κ1) is 8.62. The van der Waals surface area contributed by atoms with Crippen molar-refractivity contribution in [1.82, 2.24) is 0 Å². The third-order valence-corrected chi connectivity index (χ3v) is 1.31. The van der Waals surface area contributed by atoms with Crippen LogP contribution in [-0.4, -0.2) is 16.5 Å². The molecule has 0 radical (unpaired) electrons. The van der Waals surface area contributed by atoms with Crippen molar-refractivity contribution in [3.8, 4) is 11.5 Å². The Morgan fingerprint density at radius 2 is 2.08 bits per heavy atom. The average molecular weight is 166 g/mol. The summed E-state index contributed by atoms with van der Waals surface area (Å²) in [5.41, 5.74) is 0. The number of hydrogen-bond acceptors (Lipinski definition) is 3. The number of hydrogen-bond donors (Lipinski definition) is 2. The van der Waals surface area contributed by atoms with E-state index < -0.39 is 6.29 Å². The van der Waals surface area contributed by atoms with Gasteiger partial charge in [-0.15, -0.1) is 0 Å². The summed E-state index contributed by atoms with van der Waals surface area (Å²) >= 11 is 0. The maximum absolute atomic E-state index is 9.18. The Hall–Kier alpha value is -1.48. The highest BCUT2D eigenvalue weighted by atomic mass is 16.6. The Labute approximate surface area is 70.5 Å². The quantitative estimate of drug-likeness (QED) is 0.525. The summed E-state index contributed by atoms with van der Waals surface area (Å²) < 4.78 is 4.88. The largest absolute Gasteiger partial charge is 0.504 e. The van der Waals surface area contributed by atoms with Gasteiger partial charge in [-0.1, -0.05) is 18.7 Å². The van der Waals surface area contributed by atoms with Crippen LogP contribution in [0.1, 0.15) is 0 Å². The summed E-state index contributed by atoms with van der Waals surface area (Å²) in [7, 11) is 0. The summed E-state index contributed by atoms with van der Waals surface area (Å²) in [5, 5.41) is 18.2. The zero-order chi connectivity index (χ0) is 8.97. The maximum atomic E-state index is 9.18. The van der Waals surface area contributed by atoms with Gasteiger partial charge in [0.15, 0.2) is 11.5 Å². The molecule has 2 N–H and O–H groups in total. The van der Waals surface area contributed by atoms with Crippen LogP contribution in [0.2, 0.25) is 0 Å². The lowest BCUT2D eigenvalue weighted by Crippen LogP contribution is -2.11. The van der Waals surface area contributed by atoms with Crippen LogP contribution in [0.25, 0.3) is 0 Å². The van der Waals surface area contributed by atoms with Crippen LogP contribution < -0.4 is 4.74 Å². The Morgan fingerprint density at radius 3 is 2.67 bits per heavy atom. The molecule has 0 saturated carbocycles. The molecule has 0 heterocycles. The van der Waals surface area contributed by atoms with Gasteiger partial charge in [0, 0.05) is 0 Å². The second-order valence-corrected chi connectivity index (χ2v) is 2.21. The third kappa shape index (κ3) is 2.00. The first-order valence-corrected chi connectivity index (χ1v) is 3.49. The first-order chi connectivity index (χ1) is 5.74. The van der Waals surface area contributed by atoms with E-state index in [1.807, 2.05) is 0 Å². The van der Waals surface area contributed by atoms with Crippen LogP contribution in [0.15, 0.2) is 36.9 Å². The lowest BCUT2D eigenvalue weighted by molar-refractivity contribution is 0.0230. The summed E-state index contributed by atoms with van der Waals surface area (Å²) in [4.78, 5) is 0. The van der Waals surface area contributed by atoms with Gasteiger partial charge in [0.2, 0.25) is 6.29 Å². The van der Waals surface area contributed by atoms with E-state index in [1.165, 1.54) is 12.1 Å². The smallest absolute Gasteiger partial charge is 0.217 e. The van der Waals surface area contributed by atoms with Crippen LogP contribution in [0.4, 0.5) is 0 Å². The van der Waals surface area contributed by atoms with Gasteiger partial charge >= 0.3 is 0 Å².